The van der Waals surface area contributed by atoms with Crippen LogP contribution < -0.4 is 10.2 Å². The van der Waals surface area contributed by atoms with Crippen LogP contribution in [0.4, 0.5) is 5.82 Å². The van der Waals surface area contributed by atoms with Crippen LogP contribution in [0.1, 0.15) is 27.2 Å². The summed E-state index contributed by atoms with van der Waals surface area (Å²) in [7, 11) is 1.66. The summed E-state index contributed by atoms with van der Waals surface area (Å²) in [6.07, 6.45) is 3.46. The molecular weight excluding hydrogens is 438 g/mol. The van der Waals surface area contributed by atoms with Crippen molar-refractivity contribution in [1.82, 2.24) is 20.3 Å². The molecule has 1 fully saturated rings. The molecule has 172 valence electrons. The number of morpholine rings is 1. The van der Waals surface area contributed by atoms with Crippen molar-refractivity contribution in [3.63, 3.8) is 0 Å². The van der Waals surface area contributed by atoms with Crippen molar-refractivity contribution in [2.24, 2.45) is 0 Å². The third-order valence-electron chi connectivity index (χ3n) is 5.11. The Labute approximate surface area is 197 Å². The molecule has 3 aromatic rings. The number of carbonyl (C=O) groups excluding carboxylic acids is 1. The van der Waals surface area contributed by atoms with Gasteiger partial charge in [-0.2, -0.15) is 0 Å². The molecule has 1 amide bonds. The first-order valence-electron chi connectivity index (χ1n) is 10.8. The molecule has 0 aliphatic carbocycles. The second-order valence-corrected chi connectivity index (χ2v) is 8.51. The third kappa shape index (κ3) is 6.74. The van der Waals surface area contributed by atoms with Crippen molar-refractivity contribution in [2.75, 3.05) is 38.3 Å². The molecule has 0 unspecified atom stereocenters. The van der Waals surface area contributed by atoms with Gasteiger partial charge in [0.05, 0.1) is 25.5 Å². The van der Waals surface area contributed by atoms with Gasteiger partial charge in [-0.05, 0) is 29.3 Å². The van der Waals surface area contributed by atoms with Crippen LogP contribution in [0.2, 0.25) is 0 Å². The molecule has 0 radical (unpaired) electrons. The molecule has 0 atom stereocenters. The molecule has 3 heterocycles. The number of aromatic nitrogens is 3. The molecule has 33 heavy (non-hydrogen) atoms. The van der Waals surface area contributed by atoms with Crippen molar-refractivity contribution in [3.8, 4) is 0 Å². The van der Waals surface area contributed by atoms with E-state index >= 15 is 0 Å². The summed E-state index contributed by atoms with van der Waals surface area (Å²) in [5.41, 5.74) is 3.46. The molecule has 0 saturated carbocycles. The SMILES string of the molecule is COCc1cc(N2CCOCC2)nc(SCc2cccc(C(=O)NCc3cccnc3)c2)n1. The minimum atomic E-state index is -0.112. The van der Waals surface area contributed by atoms with Crippen molar-refractivity contribution < 1.29 is 14.3 Å². The molecule has 1 aliphatic heterocycles. The number of benzene rings is 1. The maximum absolute atomic E-state index is 12.6. The summed E-state index contributed by atoms with van der Waals surface area (Å²) in [6, 6.07) is 13.4. The zero-order chi connectivity index (χ0) is 22.9. The normalized spacial score (nSPS) is 13.7. The highest BCUT2D eigenvalue weighted by atomic mass is 32.2. The molecule has 4 rings (SSSR count). The van der Waals surface area contributed by atoms with Gasteiger partial charge in [-0.1, -0.05) is 30.0 Å². The first-order valence-corrected chi connectivity index (χ1v) is 11.8. The first-order chi connectivity index (χ1) is 16.2. The average molecular weight is 466 g/mol. The summed E-state index contributed by atoms with van der Waals surface area (Å²) in [4.78, 5) is 28.3. The van der Waals surface area contributed by atoms with E-state index in [0.717, 1.165) is 35.7 Å². The molecule has 9 heteroatoms. The standard InChI is InChI=1S/C24H27N5O3S/c1-31-16-21-13-22(29-8-10-32-11-9-29)28-24(27-21)33-17-18-4-2-6-20(12-18)23(30)26-15-19-5-3-7-25-14-19/h2-7,12-14H,8-11,15-17H2,1H3,(H,26,30). The molecule has 0 bridgehead atoms. The molecule has 1 aromatic carbocycles. The predicted molar refractivity (Wildman–Crippen MR) is 127 cm³/mol. The molecule has 2 aromatic heterocycles. The number of thioether (sulfide) groups is 1. The van der Waals surface area contributed by atoms with Crippen molar-refractivity contribution in [2.45, 2.75) is 24.1 Å². The van der Waals surface area contributed by atoms with Crippen LogP contribution in [-0.2, 0) is 28.4 Å². The van der Waals surface area contributed by atoms with Crippen LogP contribution in [-0.4, -0.2) is 54.3 Å². The van der Waals surface area contributed by atoms with E-state index in [1.54, 1.807) is 31.3 Å². The van der Waals surface area contributed by atoms with E-state index in [1.165, 1.54) is 0 Å². The highest BCUT2D eigenvalue weighted by Crippen LogP contribution is 2.24. The lowest BCUT2D eigenvalue weighted by Crippen LogP contribution is -2.37. The lowest BCUT2D eigenvalue weighted by molar-refractivity contribution is 0.0950. The number of nitrogens with one attached hydrogen (secondary N) is 1. The van der Waals surface area contributed by atoms with Crippen molar-refractivity contribution in [3.05, 3.63) is 77.2 Å². The molecule has 1 saturated heterocycles. The predicted octanol–water partition coefficient (Wildman–Crippen LogP) is 3.08. The van der Waals surface area contributed by atoms with E-state index in [0.29, 0.717) is 42.8 Å². The maximum Gasteiger partial charge on any atom is 0.251 e. The van der Waals surface area contributed by atoms with Gasteiger partial charge < -0.3 is 19.7 Å². The highest BCUT2D eigenvalue weighted by Gasteiger charge is 2.15. The number of ether oxygens (including phenoxy) is 2. The Balaban J connectivity index is 1.41. The van der Waals surface area contributed by atoms with Crippen LogP contribution in [0, 0.1) is 0 Å². The summed E-state index contributed by atoms with van der Waals surface area (Å²) in [6.45, 7) is 3.88. The highest BCUT2D eigenvalue weighted by molar-refractivity contribution is 7.98. The number of rotatable bonds is 9. The van der Waals surface area contributed by atoms with E-state index < -0.39 is 0 Å². The summed E-state index contributed by atoms with van der Waals surface area (Å²) < 4.78 is 10.8. The van der Waals surface area contributed by atoms with Gasteiger partial charge >= 0.3 is 0 Å². The maximum atomic E-state index is 12.6. The number of nitrogens with zero attached hydrogens (tertiary/aromatic N) is 4. The summed E-state index contributed by atoms with van der Waals surface area (Å²) in [5.74, 6) is 1.44. The first kappa shape index (κ1) is 23.2. The smallest absolute Gasteiger partial charge is 0.251 e. The van der Waals surface area contributed by atoms with Gasteiger partial charge in [-0.3, -0.25) is 9.78 Å². The summed E-state index contributed by atoms with van der Waals surface area (Å²) >= 11 is 1.55. The third-order valence-corrected chi connectivity index (χ3v) is 6.02. The van der Waals surface area contributed by atoms with E-state index in [2.05, 4.69) is 20.2 Å². The van der Waals surface area contributed by atoms with Crippen LogP contribution in [0.3, 0.4) is 0 Å². The van der Waals surface area contributed by atoms with Gasteiger partial charge in [0.2, 0.25) is 0 Å². The zero-order valence-corrected chi connectivity index (χ0v) is 19.4. The molecule has 0 spiro atoms. The van der Waals surface area contributed by atoms with Crippen LogP contribution in [0.5, 0.6) is 0 Å². The lowest BCUT2D eigenvalue weighted by atomic mass is 10.1. The number of hydrogen-bond acceptors (Lipinski definition) is 8. The van der Waals surface area contributed by atoms with E-state index in [9.17, 15) is 4.79 Å². The summed E-state index contributed by atoms with van der Waals surface area (Å²) in [5, 5.41) is 3.63. The second kappa shape index (κ2) is 11.7. The molecular formula is C24H27N5O3S. The van der Waals surface area contributed by atoms with E-state index in [-0.39, 0.29) is 5.91 Å². The van der Waals surface area contributed by atoms with Crippen LogP contribution >= 0.6 is 11.8 Å². The lowest BCUT2D eigenvalue weighted by Gasteiger charge is -2.28. The Hall–Kier alpha value is -3.01. The largest absolute Gasteiger partial charge is 0.378 e. The Morgan fingerprint density at radius 1 is 1.15 bits per heavy atom. The van der Waals surface area contributed by atoms with Crippen LogP contribution in [0.25, 0.3) is 0 Å². The molecule has 1 N–H and O–H groups in total. The van der Waals surface area contributed by atoms with Crippen molar-refractivity contribution >= 4 is 23.5 Å². The Morgan fingerprint density at radius 2 is 2.00 bits per heavy atom. The fraction of sp³-hybridized carbons (Fsp3) is 0.333. The topological polar surface area (TPSA) is 89.5 Å². The molecule has 1 aliphatic rings. The Bertz CT molecular complexity index is 1060. The Morgan fingerprint density at radius 3 is 2.79 bits per heavy atom. The van der Waals surface area contributed by atoms with Gasteiger partial charge in [-0.25, -0.2) is 9.97 Å². The fourth-order valence-electron chi connectivity index (χ4n) is 3.44. The van der Waals surface area contributed by atoms with Gasteiger partial charge in [0, 0.05) is 56.5 Å². The number of carbonyl (C=O) groups is 1. The van der Waals surface area contributed by atoms with Gasteiger partial charge in [0.1, 0.15) is 5.82 Å². The quantitative estimate of drug-likeness (QED) is 0.381. The second-order valence-electron chi connectivity index (χ2n) is 7.57. The number of hydrogen-bond donors (Lipinski definition) is 1. The minimum absolute atomic E-state index is 0.112. The van der Waals surface area contributed by atoms with Gasteiger partial charge in [0.15, 0.2) is 5.16 Å². The minimum Gasteiger partial charge on any atom is -0.378 e. The number of anilines is 1. The van der Waals surface area contributed by atoms with E-state index in [1.807, 2.05) is 42.5 Å². The zero-order valence-electron chi connectivity index (χ0n) is 18.6. The number of pyridine rings is 1. The molecule has 8 nitrogen and oxygen atoms in total. The van der Waals surface area contributed by atoms with Crippen LogP contribution in [0.15, 0.2) is 60.0 Å². The fourth-order valence-corrected chi connectivity index (χ4v) is 4.25. The van der Waals surface area contributed by atoms with Gasteiger partial charge in [0.25, 0.3) is 5.91 Å². The van der Waals surface area contributed by atoms with E-state index in [4.69, 9.17) is 14.5 Å². The monoisotopic (exact) mass is 465 g/mol. The number of amides is 1. The van der Waals surface area contributed by atoms with Gasteiger partial charge in [-0.15, -0.1) is 0 Å². The average Bonchev–Trinajstić information content (AvgIpc) is 2.87. The number of methoxy groups -OCH3 is 1. The van der Waals surface area contributed by atoms with Crippen molar-refractivity contribution in [1.29, 1.82) is 0 Å². The Kier molecular flexibility index (Phi) is 8.24.